The Morgan fingerprint density at radius 2 is 1.77 bits per heavy atom. The van der Waals surface area contributed by atoms with Crippen molar-refractivity contribution >= 4 is 11.6 Å². The van der Waals surface area contributed by atoms with E-state index in [0.717, 1.165) is 22.6 Å². The molecule has 0 saturated heterocycles. The van der Waals surface area contributed by atoms with Crippen molar-refractivity contribution in [2.24, 2.45) is 0 Å². The van der Waals surface area contributed by atoms with Gasteiger partial charge < -0.3 is 9.64 Å². The Bertz CT molecular complexity index is 733. The summed E-state index contributed by atoms with van der Waals surface area (Å²) in [4.78, 5) is 16.6. The zero-order valence-electron chi connectivity index (χ0n) is 16.2. The number of para-hydroxylation sites is 1. The number of methoxy groups -OCH3 is 1. The van der Waals surface area contributed by atoms with Crippen molar-refractivity contribution in [2.75, 3.05) is 32.1 Å². The van der Waals surface area contributed by atoms with E-state index in [0.29, 0.717) is 19.6 Å². The fourth-order valence-corrected chi connectivity index (χ4v) is 3.23. The van der Waals surface area contributed by atoms with Gasteiger partial charge in [-0.25, -0.2) is 0 Å². The number of benzene rings is 2. The van der Waals surface area contributed by atoms with Crippen molar-refractivity contribution in [1.82, 2.24) is 4.90 Å². The van der Waals surface area contributed by atoms with Crippen molar-refractivity contribution < 1.29 is 9.53 Å². The summed E-state index contributed by atoms with van der Waals surface area (Å²) in [5.41, 5.74) is 4.28. The van der Waals surface area contributed by atoms with Gasteiger partial charge in [0.2, 0.25) is 5.91 Å². The van der Waals surface area contributed by atoms with Gasteiger partial charge in [-0.05, 0) is 49.7 Å². The maximum absolute atomic E-state index is 12.8. The van der Waals surface area contributed by atoms with Crippen LogP contribution in [0.4, 0.5) is 5.69 Å². The van der Waals surface area contributed by atoms with E-state index in [1.54, 1.807) is 18.1 Å². The highest BCUT2D eigenvalue weighted by Crippen LogP contribution is 2.24. The van der Waals surface area contributed by atoms with Crippen molar-refractivity contribution in [3.05, 3.63) is 71.8 Å². The summed E-state index contributed by atoms with van der Waals surface area (Å²) in [6.45, 7) is 9.40. The Hall–Kier alpha value is -2.59. The third-order valence-corrected chi connectivity index (χ3v) is 4.26. The van der Waals surface area contributed by atoms with Gasteiger partial charge in [0.1, 0.15) is 5.75 Å². The van der Waals surface area contributed by atoms with Crippen LogP contribution in [0.3, 0.4) is 0 Å². The van der Waals surface area contributed by atoms with Gasteiger partial charge in [-0.2, -0.15) is 0 Å². The number of hydrogen-bond donors (Lipinski definition) is 0. The monoisotopic (exact) mass is 352 g/mol. The van der Waals surface area contributed by atoms with Crippen LogP contribution in [-0.2, 0) is 11.3 Å². The molecule has 0 radical (unpaired) electrons. The van der Waals surface area contributed by atoms with Gasteiger partial charge >= 0.3 is 0 Å². The van der Waals surface area contributed by atoms with Crippen LogP contribution >= 0.6 is 0 Å². The number of carbonyl (C=O) groups excluding carboxylic acids is 1. The lowest BCUT2D eigenvalue weighted by Crippen LogP contribution is -2.39. The molecule has 138 valence electrons. The number of aryl methyl sites for hydroxylation is 2. The highest BCUT2D eigenvalue weighted by molar-refractivity contribution is 5.95. The lowest BCUT2D eigenvalue weighted by Gasteiger charge is -2.25. The Morgan fingerprint density at radius 3 is 2.31 bits per heavy atom. The highest BCUT2D eigenvalue weighted by Gasteiger charge is 2.17. The lowest BCUT2D eigenvalue weighted by atomic mass is 10.1. The summed E-state index contributed by atoms with van der Waals surface area (Å²) in [6.07, 6.45) is 1.75. The molecule has 0 saturated carbocycles. The molecular formula is C22H28N2O2. The van der Waals surface area contributed by atoms with Crippen molar-refractivity contribution in [3.8, 4) is 5.75 Å². The van der Waals surface area contributed by atoms with Gasteiger partial charge in [0.05, 0.1) is 13.7 Å². The van der Waals surface area contributed by atoms with Crippen LogP contribution in [0.25, 0.3) is 0 Å². The molecule has 0 aromatic heterocycles. The highest BCUT2D eigenvalue weighted by atomic mass is 16.5. The molecule has 0 aliphatic carbocycles. The summed E-state index contributed by atoms with van der Waals surface area (Å²) in [5, 5.41) is 0. The van der Waals surface area contributed by atoms with E-state index in [1.165, 1.54) is 5.56 Å². The SMILES string of the molecule is C=CCN(C(=O)CN(C)Cc1cc(C)c(OC)c(C)c1)c1ccccc1. The average molecular weight is 352 g/mol. The predicted molar refractivity (Wildman–Crippen MR) is 108 cm³/mol. The lowest BCUT2D eigenvalue weighted by molar-refractivity contribution is -0.119. The van der Waals surface area contributed by atoms with Gasteiger partial charge in [-0.3, -0.25) is 9.69 Å². The summed E-state index contributed by atoms with van der Waals surface area (Å²) < 4.78 is 5.42. The maximum atomic E-state index is 12.8. The van der Waals surface area contributed by atoms with Gasteiger partial charge in [-0.15, -0.1) is 6.58 Å². The van der Waals surface area contributed by atoms with E-state index in [9.17, 15) is 4.79 Å². The van der Waals surface area contributed by atoms with Crippen molar-refractivity contribution in [3.63, 3.8) is 0 Å². The molecule has 0 atom stereocenters. The van der Waals surface area contributed by atoms with Gasteiger partial charge in [0.25, 0.3) is 0 Å². The van der Waals surface area contributed by atoms with Crippen LogP contribution in [0.5, 0.6) is 5.75 Å². The van der Waals surface area contributed by atoms with Crippen molar-refractivity contribution in [2.45, 2.75) is 20.4 Å². The van der Waals surface area contributed by atoms with Crippen LogP contribution in [0.15, 0.2) is 55.1 Å². The van der Waals surface area contributed by atoms with Gasteiger partial charge in [0.15, 0.2) is 0 Å². The van der Waals surface area contributed by atoms with E-state index in [1.807, 2.05) is 56.1 Å². The molecule has 0 heterocycles. The summed E-state index contributed by atoms with van der Waals surface area (Å²) >= 11 is 0. The average Bonchev–Trinajstić information content (AvgIpc) is 2.60. The van der Waals surface area contributed by atoms with Gasteiger partial charge in [0, 0.05) is 18.8 Å². The standard InChI is InChI=1S/C22H28N2O2/c1-6-12-24(20-10-8-7-9-11-20)21(25)16-23(4)15-19-13-17(2)22(26-5)18(3)14-19/h6-11,13-14H,1,12,15-16H2,2-5H3. The molecule has 1 amide bonds. The summed E-state index contributed by atoms with van der Waals surface area (Å²) in [5.74, 6) is 0.981. The number of carbonyl (C=O) groups is 1. The third kappa shape index (κ3) is 4.96. The molecule has 0 N–H and O–H groups in total. The topological polar surface area (TPSA) is 32.8 Å². The molecule has 0 fully saturated rings. The molecule has 26 heavy (non-hydrogen) atoms. The first-order chi connectivity index (χ1) is 12.5. The molecule has 0 unspecified atom stereocenters. The van der Waals surface area contributed by atoms with Crippen molar-refractivity contribution in [1.29, 1.82) is 0 Å². The predicted octanol–water partition coefficient (Wildman–Crippen LogP) is 3.96. The van der Waals surface area contributed by atoms with Crippen LogP contribution in [0.1, 0.15) is 16.7 Å². The minimum atomic E-state index is 0.0561. The van der Waals surface area contributed by atoms with Gasteiger partial charge in [-0.1, -0.05) is 36.4 Å². The van der Waals surface area contributed by atoms with Crippen LogP contribution in [0, 0.1) is 13.8 Å². The minimum absolute atomic E-state index is 0.0561. The van der Waals surface area contributed by atoms with E-state index >= 15 is 0 Å². The molecular weight excluding hydrogens is 324 g/mol. The normalized spacial score (nSPS) is 10.7. The number of hydrogen-bond acceptors (Lipinski definition) is 3. The molecule has 2 aromatic rings. The summed E-state index contributed by atoms with van der Waals surface area (Å²) in [7, 11) is 3.65. The molecule has 2 rings (SSSR count). The summed E-state index contributed by atoms with van der Waals surface area (Å²) in [6, 6.07) is 13.9. The number of rotatable bonds is 8. The zero-order valence-corrected chi connectivity index (χ0v) is 16.2. The Morgan fingerprint density at radius 1 is 1.15 bits per heavy atom. The Labute approximate surface area is 156 Å². The number of ether oxygens (including phenoxy) is 1. The molecule has 4 nitrogen and oxygen atoms in total. The molecule has 0 aliphatic heterocycles. The van der Waals surface area contributed by atoms with E-state index in [2.05, 4.69) is 18.7 Å². The van der Waals surface area contributed by atoms with Crippen LogP contribution in [0.2, 0.25) is 0 Å². The first-order valence-corrected chi connectivity index (χ1v) is 8.75. The zero-order chi connectivity index (χ0) is 19.1. The second kappa shape index (κ2) is 9.20. The number of nitrogens with zero attached hydrogens (tertiary/aromatic N) is 2. The van der Waals surface area contributed by atoms with Crippen LogP contribution < -0.4 is 9.64 Å². The third-order valence-electron chi connectivity index (χ3n) is 4.26. The Kier molecular flexibility index (Phi) is 6.98. The number of anilines is 1. The molecule has 0 spiro atoms. The smallest absolute Gasteiger partial charge is 0.241 e. The van der Waals surface area contributed by atoms with E-state index < -0.39 is 0 Å². The van der Waals surface area contributed by atoms with E-state index in [-0.39, 0.29) is 5.91 Å². The fraction of sp³-hybridized carbons (Fsp3) is 0.318. The number of amides is 1. The first-order valence-electron chi connectivity index (χ1n) is 8.75. The molecule has 0 bridgehead atoms. The maximum Gasteiger partial charge on any atom is 0.241 e. The number of likely N-dealkylation sites (N-methyl/N-ethyl adjacent to an activating group) is 1. The first kappa shape index (κ1) is 19.7. The second-order valence-corrected chi connectivity index (χ2v) is 6.56. The second-order valence-electron chi connectivity index (χ2n) is 6.56. The van der Waals surface area contributed by atoms with E-state index in [4.69, 9.17) is 4.74 Å². The largest absolute Gasteiger partial charge is 0.496 e. The molecule has 2 aromatic carbocycles. The molecule has 0 aliphatic rings. The minimum Gasteiger partial charge on any atom is -0.496 e. The fourth-order valence-electron chi connectivity index (χ4n) is 3.23. The molecule has 4 heteroatoms. The Balaban J connectivity index is 2.07. The quantitative estimate of drug-likeness (QED) is 0.674. The van der Waals surface area contributed by atoms with Crippen LogP contribution in [-0.4, -0.2) is 38.1 Å².